The summed E-state index contributed by atoms with van der Waals surface area (Å²) >= 11 is 5.99. The topological polar surface area (TPSA) is 55.5 Å². The van der Waals surface area contributed by atoms with Crippen molar-refractivity contribution in [3.05, 3.63) is 34.3 Å². The first kappa shape index (κ1) is 11.5. The highest BCUT2D eigenvalue weighted by molar-refractivity contribution is 6.31. The fourth-order valence-electron chi connectivity index (χ4n) is 1.17. The van der Waals surface area contributed by atoms with Crippen LogP contribution in [0, 0.1) is 0 Å². The molecule has 0 radical (unpaired) electrons. The average molecular weight is 216 g/mol. The number of methoxy groups -OCH3 is 1. The van der Waals surface area contributed by atoms with Gasteiger partial charge in [-0.05, 0) is 17.2 Å². The molecule has 3 nitrogen and oxygen atoms in total. The van der Waals surface area contributed by atoms with Gasteiger partial charge in [0, 0.05) is 12.1 Å². The van der Waals surface area contributed by atoms with Crippen molar-refractivity contribution < 1.29 is 9.84 Å². The van der Waals surface area contributed by atoms with Crippen molar-refractivity contribution in [2.24, 2.45) is 5.73 Å². The summed E-state index contributed by atoms with van der Waals surface area (Å²) in [4.78, 5) is 0. The van der Waals surface area contributed by atoms with Crippen molar-refractivity contribution in [3.8, 4) is 0 Å². The van der Waals surface area contributed by atoms with Gasteiger partial charge >= 0.3 is 0 Å². The normalized spacial score (nSPS) is 12.9. The maximum atomic E-state index is 8.86. The average Bonchev–Trinajstić information content (AvgIpc) is 2.20. The number of nitrogens with two attached hydrogens (primary N) is 1. The van der Waals surface area contributed by atoms with Crippen molar-refractivity contribution in [2.75, 3.05) is 13.7 Å². The summed E-state index contributed by atoms with van der Waals surface area (Å²) in [5.74, 6) is 0. The molecule has 1 aromatic rings. The number of aliphatic hydroxyl groups excluding tert-OH is 1. The van der Waals surface area contributed by atoms with Crippen LogP contribution >= 0.6 is 11.6 Å². The standard InChI is InChI=1S/C10H14ClNO2/c1-14-6-8-3-2-7(4-9(8)11)10(12)5-13/h2-4,10,13H,5-6,12H2,1H3. The maximum Gasteiger partial charge on any atom is 0.0727 e. The molecule has 0 amide bonds. The van der Waals surface area contributed by atoms with Crippen molar-refractivity contribution in [3.63, 3.8) is 0 Å². The Balaban J connectivity index is 2.88. The zero-order valence-electron chi connectivity index (χ0n) is 8.03. The molecule has 0 spiro atoms. The predicted octanol–water partition coefficient (Wildman–Crippen LogP) is 1.48. The highest BCUT2D eigenvalue weighted by atomic mass is 35.5. The van der Waals surface area contributed by atoms with Gasteiger partial charge < -0.3 is 15.6 Å². The second kappa shape index (κ2) is 5.32. The third kappa shape index (κ3) is 2.69. The van der Waals surface area contributed by atoms with E-state index in [2.05, 4.69) is 0 Å². The Hall–Kier alpha value is -0.610. The molecule has 0 saturated heterocycles. The van der Waals surface area contributed by atoms with E-state index in [0.29, 0.717) is 11.6 Å². The van der Waals surface area contributed by atoms with Crippen LogP contribution in [0.2, 0.25) is 5.02 Å². The maximum absolute atomic E-state index is 8.86. The van der Waals surface area contributed by atoms with E-state index in [1.807, 2.05) is 12.1 Å². The van der Waals surface area contributed by atoms with Crippen molar-refractivity contribution in [2.45, 2.75) is 12.6 Å². The number of rotatable bonds is 4. The van der Waals surface area contributed by atoms with Crippen molar-refractivity contribution in [1.82, 2.24) is 0 Å². The van der Waals surface area contributed by atoms with E-state index in [4.69, 9.17) is 27.2 Å². The molecule has 1 rings (SSSR count). The fraction of sp³-hybridized carbons (Fsp3) is 0.400. The molecule has 1 aromatic carbocycles. The third-order valence-corrected chi connectivity index (χ3v) is 2.35. The first-order valence-electron chi connectivity index (χ1n) is 4.32. The lowest BCUT2D eigenvalue weighted by atomic mass is 10.1. The van der Waals surface area contributed by atoms with E-state index in [9.17, 15) is 0 Å². The molecule has 14 heavy (non-hydrogen) atoms. The molecule has 3 N–H and O–H groups in total. The van der Waals surface area contributed by atoms with Crippen LogP contribution in [0.25, 0.3) is 0 Å². The first-order chi connectivity index (χ1) is 6.69. The fourth-order valence-corrected chi connectivity index (χ4v) is 1.42. The van der Waals surface area contributed by atoms with E-state index in [0.717, 1.165) is 11.1 Å². The Morgan fingerprint density at radius 2 is 2.29 bits per heavy atom. The van der Waals surface area contributed by atoms with Gasteiger partial charge in [0.15, 0.2) is 0 Å². The van der Waals surface area contributed by atoms with Gasteiger partial charge in [-0.1, -0.05) is 23.7 Å². The lowest BCUT2D eigenvalue weighted by Gasteiger charge is -2.10. The van der Waals surface area contributed by atoms with Crippen LogP contribution in [0.4, 0.5) is 0 Å². The molecule has 0 heterocycles. The van der Waals surface area contributed by atoms with Gasteiger partial charge in [-0.15, -0.1) is 0 Å². The van der Waals surface area contributed by atoms with Crippen molar-refractivity contribution >= 4 is 11.6 Å². The smallest absolute Gasteiger partial charge is 0.0727 e. The summed E-state index contributed by atoms with van der Waals surface area (Å²) in [6, 6.07) is 5.10. The summed E-state index contributed by atoms with van der Waals surface area (Å²) in [6.45, 7) is 0.396. The van der Waals surface area contributed by atoms with Gasteiger partial charge in [0.1, 0.15) is 0 Å². The number of aliphatic hydroxyl groups is 1. The molecule has 0 aliphatic heterocycles. The summed E-state index contributed by atoms with van der Waals surface area (Å²) in [6.07, 6.45) is 0. The summed E-state index contributed by atoms with van der Waals surface area (Å²) in [7, 11) is 1.61. The zero-order valence-corrected chi connectivity index (χ0v) is 8.79. The Bertz CT molecular complexity index is 304. The van der Waals surface area contributed by atoms with Crippen LogP contribution in [0.15, 0.2) is 18.2 Å². The van der Waals surface area contributed by atoms with Crippen LogP contribution in [0.1, 0.15) is 17.2 Å². The molecule has 0 fully saturated rings. The lowest BCUT2D eigenvalue weighted by molar-refractivity contribution is 0.185. The minimum atomic E-state index is -0.371. The van der Waals surface area contributed by atoms with Gasteiger partial charge in [-0.2, -0.15) is 0 Å². The van der Waals surface area contributed by atoms with E-state index >= 15 is 0 Å². The second-order valence-electron chi connectivity index (χ2n) is 3.07. The lowest BCUT2D eigenvalue weighted by Crippen LogP contribution is -2.14. The molecule has 1 unspecified atom stereocenters. The van der Waals surface area contributed by atoms with Gasteiger partial charge in [-0.3, -0.25) is 0 Å². The largest absolute Gasteiger partial charge is 0.394 e. The first-order valence-corrected chi connectivity index (χ1v) is 4.70. The molecule has 4 heteroatoms. The van der Waals surface area contributed by atoms with Gasteiger partial charge in [-0.25, -0.2) is 0 Å². The summed E-state index contributed by atoms with van der Waals surface area (Å²) < 4.78 is 4.97. The predicted molar refractivity (Wildman–Crippen MR) is 56.2 cm³/mol. The number of halogens is 1. The summed E-state index contributed by atoms with van der Waals surface area (Å²) in [5, 5.41) is 9.48. The molecule has 0 aromatic heterocycles. The van der Waals surface area contributed by atoms with Crippen LogP contribution in [-0.2, 0) is 11.3 Å². The third-order valence-electron chi connectivity index (χ3n) is 2.00. The highest BCUT2D eigenvalue weighted by Gasteiger charge is 2.07. The van der Waals surface area contributed by atoms with E-state index in [-0.39, 0.29) is 12.6 Å². The van der Waals surface area contributed by atoms with Crippen LogP contribution in [0.5, 0.6) is 0 Å². The number of ether oxygens (including phenoxy) is 1. The number of hydrogen-bond acceptors (Lipinski definition) is 3. The van der Waals surface area contributed by atoms with Gasteiger partial charge in [0.25, 0.3) is 0 Å². The molecular weight excluding hydrogens is 202 g/mol. The molecule has 0 saturated carbocycles. The quantitative estimate of drug-likeness (QED) is 0.800. The monoisotopic (exact) mass is 215 g/mol. The molecule has 0 aliphatic rings. The minimum Gasteiger partial charge on any atom is -0.394 e. The Morgan fingerprint density at radius 1 is 1.57 bits per heavy atom. The Morgan fingerprint density at radius 3 is 2.79 bits per heavy atom. The molecule has 0 aliphatic carbocycles. The second-order valence-corrected chi connectivity index (χ2v) is 3.48. The Kier molecular flexibility index (Phi) is 4.35. The van der Waals surface area contributed by atoms with Crippen LogP contribution in [0.3, 0.4) is 0 Å². The van der Waals surface area contributed by atoms with Gasteiger partial charge in [0.05, 0.1) is 19.3 Å². The number of hydrogen-bond donors (Lipinski definition) is 2. The summed E-state index contributed by atoms with van der Waals surface area (Å²) in [5.41, 5.74) is 7.40. The Labute approximate surface area is 88.4 Å². The minimum absolute atomic E-state index is 0.0834. The van der Waals surface area contributed by atoms with E-state index < -0.39 is 0 Å². The molecule has 0 bridgehead atoms. The van der Waals surface area contributed by atoms with Crippen LogP contribution < -0.4 is 5.73 Å². The molecular formula is C10H14ClNO2. The highest BCUT2D eigenvalue weighted by Crippen LogP contribution is 2.21. The van der Waals surface area contributed by atoms with Gasteiger partial charge in [0.2, 0.25) is 0 Å². The van der Waals surface area contributed by atoms with E-state index in [1.165, 1.54) is 0 Å². The van der Waals surface area contributed by atoms with E-state index in [1.54, 1.807) is 13.2 Å². The van der Waals surface area contributed by atoms with Crippen LogP contribution in [-0.4, -0.2) is 18.8 Å². The molecule has 78 valence electrons. The SMILES string of the molecule is COCc1ccc(C(N)CO)cc1Cl. The number of benzene rings is 1. The van der Waals surface area contributed by atoms with Crippen molar-refractivity contribution in [1.29, 1.82) is 0 Å². The molecule has 1 atom stereocenters. The zero-order chi connectivity index (χ0) is 10.6.